The van der Waals surface area contributed by atoms with Crippen molar-refractivity contribution in [1.82, 2.24) is 4.90 Å². The van der Waals surface area contributed by atoms with Gasteiger partial charge in [0.05, 0.1) is 5.41 Å². The molecule has 1 aromatic carbocycles. The smallest absolute Gasteiger partial charge is 0.309 e. The van der Waals surface area contributed by atoms with E-state index in [2.05, 4.69) is 23.1 Å². The quantitative estimate of drug-likeness (QED) is 0.732. The van der Waals surface area contributed by atoms with Crippen molar-refractivity contribution >= 4 is 23.1 Å². The number of aliphatic carboxylic acids is 1. The van der Waals surface area contributed by atoms with Crippen molar-refractivity contribution in [2.45, 2.75) is 45.6 Å². The number of carbonyl (C=O) groups is 1. The maximum Gasteiger partial charge on any atom is 0.309 e. The fourth-order valence-corrected chi connectivity index (χ4v) is 4.52. The van der Waals surface area contributed by atoms with Crippen molar-refractivity contribution in [3.63, 3.8) is 0 Å². The molecule has 1 saturated heterocycles. The Morgan fingerprint density at radius 1 is 1.24 bits per heavy atom. The van der Waals surface area contributed by atoms with Crippen LogP contribution < -0.4 is 4.74 Å². The van der Waals surface area contributed by atoms with E-state index in [-0.39, 0.29) is 6.10 Å². The Hall–Kier alpha value is -2.04. The highest BCUT2D eigenvalue weighted by Gasteiger charge is 2.33. The largest absolute Gasteiger partial charge is 0.485 e. The van der Waals surface area contributed by atoms with Gasteiger partial charge >= 0.3 is 5.97 Å². The SMILES string of the molecule is CC(C)(CCN1CCC(=C2C3=CC=C(Cl)CC3Oc3ccccc32)CC1)C(=O)O. The molecule has 4 nitrogen and oxygen atoms in total. The number of hydrogen-bond donors (Lipinski definition) is 1. The van der Waals surface area contributed by atoms with E-state index in [4.69, 9.17) is 16.3 Å². The van der Waals surface area contributed by atoms with Crippen LogP contribution in [0.3, 0.4) is 0 Å². The van der Waals surface area contributed by atoms with Crippen molar-refractivity contribution in [2.75, 3.05) is 19.6 Å². The van der Waals surface area contributed by atoms with Gasteiger partial charge in [0, 0.05) is 35.7 Å². The second-order valence-corrected chi connectivity index (χ2v) is 9.29. The van der Waals surface area contributed by atoms with Crippen molar-refractivity contribution < 1.29 is 14.6 Å². The van der Waals surface area contributed by atoms with Crippen LogP contribution in [0.15, 0.2) is 52.6 Å². The molecule has 154 valence electrons. The molecule has 4 rings (SSSR count). The summed E-state index contributed by atoms with van der Waals surface area (Å²) in [6.45, 7) is 6.36. The number of halogens is 1. The van der Waals surface area contributed by atoms with E-state index in [0.29, 0.717) is 6.42 Å². The molecule has 1 N–H and O–H groups in total. The molecular formula is C24H28ClNO3. The van der Waals surface area contributed by atoms with E-state index in [1.54, 1.807) is 13.8 Å². The Morgan fingerprint density at radius 3 is 2.69 bits per heavy atom. The lowest BCUT2D eigenvalue weighted by Crippen LogP contribution is -2.36. The molecular weight excluding hydrogens is 386 g/mol. The Bertz CT molecular complexity index is 902. The summed E-state index contributed by atoms with van der Waals surface area (Å²) in [5.74, 6) is 0.215. The van der Waals surface area contributed by atoms with Crippen LogP contribution in [0.25, 0.3) is 5.57 Å². The summed E-state index contributed by atoms with van der Waals surface area (Å²) in [5.41, 5.74) is 4.55. The van der Waals surface area contributed by atoms with Crippen LogP contribution in [0, 0.1) is 5.41 Å². The van der Waals surface area contributed by atoms with Crippen LogP contribution in [0.5, 0.6) is 5.75 Å². The van der Waals surface area contributed by atoms with Gasteiger partial charge in [-0.2, -0.15) is 0 Å². The van der Waals surface area contributed by atoms with E-state index in [0.717, 1.165) is 49.7 Å². The number of nitrogens with zero attached hydrogens (tertiary/aromatic N) is 1. The maximum atomic E-state index is 11.4. The lowest BCUT2D eigenvalue weighted by atomic mass is 9.81. The molecule has 1 aliphatic carbocycles. The molecule has 1 aromatic rings. The molecule has 0 saturated carbocycles. The second kappa shape index (κ2) is 8.00. The molecule has 3 aliphatic rings. The minimum atomic E-state index is -0.724. The van der Waals surface area contributed by atoms with Crippen molar-refractivity contribution in [1.29, 1.82) is 0 Å². The summed E-state index contributed by atoms with van der Waals surface area (Å²) in [5, 5.41) is 10.2. The average molecular weight is 414 g/mol. The zero-order chi connectivity index (χ0) is 20.6. The molecule has 2 heterocycles. The van der Waals surface area contributed by atoms with Crippen LogP contribution in [-0.4, -0.2) is 41.7 Å². The van der Waals surface area contributed by atoms with Gasteiger partial charge in [-0.1, -0.05) is 41.4 Å². The molecule has 29 heavy (non-hydrogen) atoms. The molecule has 0 spiro atoms. The summed E-state index contributed by atoms with van der Waals surface area (Å²) >= 11 is 6.28. The number of fused-ring (bicyclic) bond motifs is 2. The monoisotopic (exact) mass is 413 g/mol. The fourth-order valence-electron chi connectivity index (χ4n) is 4.31. The zero-order valence-corrected chi connectivity index (χ0v) is 17.8. The predicted molar refractivity (Wildman–Crippen MR) is 116 cm³/mol. The summed E-state index contributed by atoms with van der Waals surface area (Å²) in [7, 11) is 0. The molecule has 5 heteroatoms. The number of benzene rings is 1. The second-order valence-electron chi connectivity index (χ2n) is 8.80. The number of carboxylic acid groups (broad SMARTS) is 1. The molecule has 0 radical (unpaired) electrons. The number of carboxylic acids is 1. The summed E-state index contributed by atoms with van der Waals surface area (Å²) in [6, 6.07) is 8.28. The first kappa shape index (κ1) is 20.2. The Labute approximate surface area is 177 Å². The first-order chi connectivity index (χ1) is 13.8. The molecule has 1 atom stereocenters. The lowest BCUT2D eigenvalue weighted by molar-refractivity contribution is -0.147. The number of likely N-dealkylation sites (tertiary alicyclic amines) is 1. The van der Waals surface area contributed by atoms with Gasteiger partial charge < -0.3 is 14.7 Å². The lowest BCUT2D eigenvalue weighted by Gasteiger charge is -2.37. The third-order valence-corrected chi connectivity index (χ3v) is 6.61. The van der Waals surface area contributed by atoms with E-state index in [1.165, 1.54) is 22.3 Å². The number of ether oxygens (including phenoxy) is 1. The summed E-state index contributed by atoms with van der Waals surface area (Å²) in [4.78, 5) is 13.8. The van der Waals surface area contributed by atoms with E-state index < -0.39 is 11.4 Å². The highest BCUT2D eigenvalue weighted by atomic mass is 35.5. The summed E-state index contributed by atoms with van der Waals surface area (Å²) in [6.07, 6.45) is 7.48. The minimum Gasteiger partial charge on any atom is -0.485 e. The highest BCUT2D eigenvalue weighted by molar-refractivity contribution is 6.29. The van der Waals surface area contributed by atoms with Gasteiger partial charge in [-0.15, -0.1) is 0 Å². The first-order valence-corrected chi connectivity index (χ1v) is 10.7. The summed E-state index contributed by atoms with van der Waals surface area (Å²) < 4.78 is 6.25. The third kappa shape index (κ3) is 4.15. The molecule has 0 bridgehead atoms. The van der Waals surface area contributed by atoms with Gasteiger partial charge in [0.25, 0.3) is 0 Å². The van der Waals surface area contributed by atoms with Gasteiger partial charge in [0.1, 0.15) is 11.9 Å². The number of hydrogen-bond acceptors (Lipinski definition) is 3. The van der Waals surface area contributed by atoms with Crippen LogP contribution >= 0.6 is 11.6 Å². The first-order valence-electron chi connectivity index (χ1n) is 10.4. The Balaban J connectivity index is 1.56. The number of para-hydroxylation sites is 1. The van der Waals surface area contributed by atoms with Crippen molar-refractivity contribution in [3.8, 4) is 5.75 Å². The molecule has 1 fully saturated rings. The third-order valence-electron chi connectivity index (χ3n) is 6.33. The van der Waals surface area contributed by atoms with E-state index in [9.17, 15) is 9.90 Å². The molecule has 0 amide bonds. The standard InChI is InChI=1S/C24H28ClNO3/c1-24(2,23(27)28)11-14-26-12-9-16(10-13-26)22-18-5-3-4-6-20(18)29-21-15-17(25)7-8-19(21)22/h3-8,21H,9-15H2,1-2H3,(H,27,28). The van der Waals surface area contributed by atoms with Crippen LogP contribution in [0.1, 0.15) is 45.1 Å². The van der Waals surface area contributed by atoms with E-state index >= 15 is 0 Å². The normalized spacial score (nSPS) is 22.2. The van der Waals surface area contributed by atoms with E-state index in [1.807, 2.05) is 18.2 Å². The van der Waals surface area contributed by atoms with Crippen molar-refractivity contribution in [3.05, 3.63) is 58.2 Å². The zero-order valence-electron chi connectivity index (χ0n) is 17.1. The maximum absolute atomic E-state index is 11.4. The van der Waals surface area contributed by atoms with Crippen LogP contribution in [0.4, 0.5) is 0 Å². The van der Waals surface area contributed by atoms with Crippen molar-refractivity contribution in [2.24, 2.45) is 5.41 Å². The van der Waals surface area contributed by atoms with Gasteiger partial charge in [-0.05, 0) is 57.4 Å². The Morgan fingerprint density at radius 2 is 1.97 bits per heavy atom. The number of rotatable bonds is 4. The fraction of sp³-hybridized carbons (Fsp3) is 0.458. The number of allylic oxidation sites excluding steroid dienone is 2. The predicted octanol–water partition coefficient (Wildman–Crippen LogP) is 5.25. The van der Waals surface area contributed by atoms with Crippen LogP contribution in [-0.2, 0) is 4.79 Å². The van der Waals surface area contributed by atoms with Gasteiger partial charge in [0.2, 0.25) is 0 Å². The van der Waals surface area contributed by atoms with Gasteiger partial charge in [0.15, 0.2) is 0 Å². The van der Waals surface area contributed by atoms with Gasteiger partial charge in [-0.3, -0.25) is 4.79 Å². The molecule has 0 aromatic heterocycles. The molecule has 2 aliphatic heterocycles. The molecule has 1 unspecified atom stereocenters. The van der Waals surface area contributed by atoms with Crippen LogP contribution in [0.2, 0.25) is 0 Å². The minimum absolute atomic E-state index is 0.0145. The number of piperidine rings is 1. The van der Waals surface area contributed by atoms with Gasteiger partial charge in [-0.25, -0.2) is 0 Å². The Kier molecular flexibility index (Phi) is 5.58. The topological polar surface area (TPSA) is 49.8 Å². The average Bonchev–Trinajstić information content (AvgIpc) is 2.71. The highest BCUT2D eigenvalue weighted by Crippen LogP contribution is 2.45.